The lowest BCUT2D eigenvalue weighted by molar-refractivity contribution is -0.116. The Morgan fingerprint density at radius 3 is 2.52 bits per heavy atom. The van der Waals surface area contributed by atoms with Crippen molar-refractivity contribution >= 4 is 28.3 Å². The van der Waals surface area contributed by atoms with Gasteiger partial charge in [-0.15, -0.1) is 0 Å². The Kier molecular flexibility index (Phi) is 7.07. The molecule has 1 aromatic carbocycles. The van der Waals surface area contributed by atoms with Crippen LogP contribution >= 0.6 is 0 Å². The van der Waals surface area contributed by atoms with Crippen LogP contribution in [0.15, 0.2) is 41.6 Å². The van der Waals surface area contributed by atoms with Crippen molar-refractivity contribution in [3.8, 4) is 11.5 Å². The molecule has 0 spiro atoms. The van der Waals surface area contributed by atoms with E-state index in [0.717, 1.165) is 18.9 Å². The van der Waals surface area contributed by atoms with E-state index in [1.807, 2.05) is 12.1 Å². The Morgan fingerprint density at radius 1 is 1.06 bits per heavy atom. The van der Waals surface area contributed by atoms with Gasteiger partial charge >= 0.3 is 0 Å². The summed E-state index contributed by atoms with van der Waals surface area (Å²) in [4.78, 5) is 36.3. The van der Waals surface area contributed by atoms with Gasteiger partial charge in [-0.2, -0.15) is 0 Å². The average Bonchev–Trinajstić information content (AvgIpc) is 2.85. The number of aryl methyl sites for hydroxylation is 1. The minimum absolute atomic E-state index is 0.115. The van der Waals surface area contributed by atoms with Crippen molar-refractivity contribution in [1.29, 1.82) is 0 Å². The summed E-state index contributed by atoms with van der Waals surface area (Å²) in [6.07, 6.45) is 7.64. The van der Waals surface area contributed by atoms with Gasteiger partial charge in [-0.3, -0.25) is 14.2 Å². The second kappa shape index (κ2) is 10.3. The molecule has 1 N–H and O–H groups in total. The summed E-state index contributed by atoms with van der Waals surface area (Å²) in [5.41, 5.74) is 1.03. The van der Waals surface area contributed by atoms with Crippen molar-refractivity contribution < 1.29 is 14.3 Å². The van der Waals surface area contributed by atoms with Crippen LogP contribution in [-0.2, 0) is 11.3 Å². The van der Waals surface area contributed by atoms with Crippen molar-refractivity contribution in [3.05, 3.63) is 47.1 Å². The molecule has 9 heteroatoms. The van der Waals surface area contributed by atoms with Crippen LogP contribution in [0.4, 0.5) is 11.5 Å². The van der Waals surface area contributed by atoms with E-state index < -0.39 is 0 Å². The maximum absolute atomic E-state index is 12.8. The Morgan fingerprint density at radius 2 is 1.82 bits per heavy atom. The number of benzene rings is 1. The molecular weight excluding hydrogens is 422 g/mol. The number of nitrogens with zero attached hydrogens (tertiary/aromatic N) is 4. The fraction of sp³-hybridized carbons (Fsp3) is 0.417. The van der Waals surface area contributed by atoms with Gasteiger partial charge in [-0.25, -0.2) is 9.97 Å². The number of carbonyl (C=O) groups excluding carboxylic acids is 1. The number of carbonyl (C=O) groups is 1. The Hall–Kier alpha value is -3.62. The van der Waals surface area contributed by atoms with Crippen molar-refractivity contribution in [2.24, 2.45) is 0 Å². The van der Waals surface area contributed by atoms with E-state index >= 15 is 0 Å². The van der Waals surface area contributed by atoms with Crippen molar-refractivity contribution in [3.63, 3.8) is 0 Å². The molecule has 3 aromatic rings. The number of fused-ring (bicyclic) bond motifs is 1. The van der Waals surface area contributed by atoms with Gasteiger partial charge in [0.25, 0.3) is 5.56 Å². The first-order chi connectivity index (χ1) is 16.1. The molecule has 3 heterocycles. The van der Waals surface area contributed by atoms with Crippen LogP contribution in [0.3, 0.4) is 0 Å². The van der Waals surface area contributed by atoms with Gasteiger partial charge in [0.15, 0.2) is 11.5 Å². The average molecular weight is 452 g/mol. The largest absolute Gasteiger partial charge is 0.493 e. The molecule has 0 bridgehead atoms. The van der Waals surface area contributed by atoms with Crippen LogP contribution in [0.5, 0.6) is 11.5 Å². The minimum atomic E-state index is -0.182. The lowest BCUT2D eigenvalue weighted by atomic mass is 10.1. The molecule has 0 saturated carbocycles. The van der Waals surface area contributed by atoms with Gasteiger partial charge in [0.1, 0.15) is 5.82 Å². The molecular formula is C24H29N5O4. The molecule has 0 aliphatic carbocycles. The lowest BCUT2D eigenvalue weighted by Gasteiger charge is -2.27. The van der Waals surface area contributed by atoms with Gasteiger partial charge in [0, 0.05) is 32.1 Å². The molecule has 1 saturated heterocycles. The van der Waals surface area contributed by atoms with E-state index in [9.17, 15) is 9.59 Å². The summed E-state index contributed by atoms with van der Waals surface area (Å²) in [5.74, 6) is 1.83. The van der Waals surface area contributed by atoms with Crippen LogP contribution in [0, 0.1) is 0 Å². The van der Waals surface area contributed by atoms with E-state index in [4.69, 9.17) is 9.47 Å². The Bertz CT molecular complexity index is 1170. The zero-order valence-electron chi connectivity index (χ0n) is 19.0. The smallest absolute Gasteiger partial charge is 0.261 e. The van der Waals surface area contributed by atoms with E-state index in [1.54, 1.807) is 18.3 Å². The number of methoxy groups -OCH3 is 2. The van der Waals surface area contributed by atoms with Crippen LogP contribution in [0.25, 0.3) is 10.9 Å². The maximum Gasteiger partial charge on any atom is 0.261 e. The molecule has 0 atom stereocenters. The Balaban J connectivity index is 1.33. The third-order valence-corrected chi connectivity index (χ3v) is 5.84. The summed E-state index contributed by atoms with van der Waals surface area (Å²) < 4.78 is 12.1. The molecule has 0 unspecified atom stereocenters. The van der Waals surface area contributed by atoms with Crippen molar-refractivity contribution in [2.75, 3.05) is 37.5 Å². The fourth-order valence-corrected chi connectivity index (χ4v) is 4.05. The second-order valence-corrected chi connectivity index (χ2v) is 8.07. The predicted molar refractivity (Wildman–Crippen MR) is 127 cm³/mol. The number of rotatable bonds is 8. The minimum Gasteiger partial charge on any atom is -0.493 e. The van der Waals surface area contributed by atoms with Gasteiger partial charge in [-0.1, -0.05) is 0 Å². The highest BCUT2D eigenvalue weighted by molar-refractivity contribution is 5.90. The predicted octanol–water partition coefficient (Wildman–Crippen LogP) is 3.22. The van der Waals surface area contributed by atoms with Crippen molar-refractivity contribution in [2.45, 2.75) is 38.6 Å². The van der Waals surface area contributed by atoms with Crippen LogP contribution < -0.4 is 25.2 Å². The first-order valence-corrected chi connectivity index (χ1v) is 11.2. The molecule has 9 nitrogen and oxygen atoms in total. The lowest BCUT2D eigenvalue weighted by Crippen LogP contribution is -2.30. The SMILES string of the molecule is COc1cc2ncn(CCCC(=O)Nc3ccc(N4CCCCC4)nc3)c(=O)c2cc1OC. The Labute approximate surface area is 192 Å². The van der Waals surface area contributed by atoms with Crippen LogP contribution in [0.2, 0.25) is 0 Å². The van der Waals surface area contributed by atoms with Gasteiger partial charge in [0.2, 0.25) is 5.91 Å². The number of aromatic nitrogens is 3. The molecule has 1 aliphatic rings. The highest BCUT2D eigenvalue weighted by Crippen LogP contribution is 2.29. The monoisotopic (exact) mass is 451 g/mol. The van der Waals surface area contributed by atoms with E-state index in [2.05, 4.69) is 20.2 Å². The topological polar surface area (TPSA) is 98.6 Å². The quantitative estimate of drug-likeness (QED) is 0.561. The molecule has 2 aromatic heterocycles. The molecule has 1 aliphatic heterocycles. The number of ether oxygens (including phenoxy) is 2. The van der Waals surface area contributed by atoms with Crippen LogP contribution in [-0.4, -0.2) is 47.8 Å². The van der Waals surface area contributed by atoms with Gasteiger partial charge in [0.05, 0.1) is 43.3 Å². The number of nitrogens with one attached hydrogen (secondary N) is 1. The maximum atomic E-state index is 12.8. The van der Waals surface area contributed by atoms with E-state index in [-0.39, 0.29) is 17.9 Å². The number of piperidine rings is 1. The fourth-order valence-electron chi connectivity index (χ4n) is 4.05. The molecule has 1 amide bonds. The zero-order valence-corrected chi connectivity index (χ0v) is 19.0. The van der Waals surface area contributed by atoms with Gasteiger partial charge < -0.3 is 19.7 Å². The van der Waals surface area contributed by atoms with E-state index in [0.29, 0.717) is 41.1 Å². The molecule has 1 fully saturated rings. The molecule has 4 rings (SSSR count). The standard InChI is InChI=1S/C24H29N5O4/c1-32-20-13-18-19(14-21(20)33-2)26-16-29(24(18)31)12-6-7-23(30)27-17-8-9-22(25-15-17)28-10-4-3-5-11-28/h8-9,13-16H,3-7,10-12H2,1-2H3,(H,27,30). The summed E-state index contributed by atoms with van der Waals surface area (Å²) in [7, 11) is 3.06. The first kappa shape index (κ1) is 22.6. The normalized spacial score (nSPS) is 13.7. The van der Waals surface area contributed by atoms with Crippen LogP contribution in [0.1, 0.15) is 32.1 Å². The summed E-state index contributed by atoms with van der Waals surface area (Å²) in [5, 5.41) is 3.32. The third-order valence-electron chi connectivity index (χ3n) is 5.84. The number of anilines is 2. The number of hydrogen-bond donors (Lipinski definition) is 1. The second-order valence-electron chi connectivity index (χ2n) is 8.07. The highest BCUT2D eigenvalue weighted by atomic mass is 16.5. The first-order valence-electron chi connectivity index (χ1n) is 11.2. The summed E-state index contributed by atoms with van der Waals surface area (Å²) in [6.45, 7) is 2.44. The molecule has 33 heavy (non-hydrogen) atoms. The highest BCUT2D eigenvalue weighted by Gasteiger charge is 2.13. The number of pyridine rings is 1. The zero-order chi connectivity index (χ0) is 23.2. The van der Waals surface area contributed by atoms with Crippen molar-refractivity contribution in [1.82, 2.24) is 14.5 Å². The third kappa shape index (κ3) is 5.24. The molecule has 0 radical (unpaired) electrons. The van der Waals surface area contributed by atoms with E-state index in [1.165, 1.54) is 44.4 Å². The molecule has 174 valence electrons. The van der Waals surface area contributed by atoms with Gasteiger partial charge in [-0.05, 0) is 43.9 Å². The summed E-state index contributed by atoms with van der Waals surface area (Å²) in [6, 6.07) is 7.14. The number of amides is 1. The number of hydrogen-bond acceptors (Lipinski definition) is 7. The summed E-state index contributed by atoms with van der Waals surface area (Å²) >= 11 is 0.